The number of carbonyl (C=O) groups is 1. The molecule has 1 aliphatic heterocycles. The van der Waals surface area contributed by atoms with Gasteiger partial charge < -0.3 is 14.6 Å². The normalized spacial score (nSPS) is 16.8. The van der Waals surface area contributed by atoms with Gasteiger partial charge >= 0.3 is 0 Å². The minimum atomic E-state index is -1.15. The van der Waals surface area contributed by atoms with Crippen LogP contribution < -0.4 is 15.6 Å². The van der Waals surface area contributed by atoms with E-state index in [0.29, 0.717) is 49.6 Å². The van der Waals surface area contributed by atoms with Gasteiger partial charge in [-0.05, 0) is 47.9 Å². The highest BCUT2D eigenvalue weighted by Crippen LogP contribution is 2.27. The third-order valence-electron chi connectivity index (χ3n) is 5.88. The second kappa shape index (κ2) is 12.3. The van der Waals surface area contributed by atoms with Crippen LogP contribution in [0, 0.1) is 5.82 Å². The van der Waals surface area contributed by atoms with E-state index in [1.54, 1.807) is 30.3 Å². The van der Waals surface area contributed by atoms with Crippen LogP contribution in [0.15, 0.2) is 83.9 Å². The van der Waals surface area contributed by atoms with Crippen LogP contribution in [0.1, 0.15) is 23.1 Å². The molecule has 3 N–H and O–H groups in total. The third kappa shape index (κ3) is 6.47. The molecule has 0 unspecified atom stereocenters. The number of benzene rings is 3. The monoisotopic (exact) mass is 491 g/mol. The molecule has 0 radical (unpaired) electrons. The lowest BCUT2D eigenvalue weighted by Crippen LogP contribution is -2.53. The van der Waals surface area contributed by atoms with Gasteiger partial charge in [-0.2, -0.15) is 0 Å². The second-order valence-corrected chi connectivity index (χ2v) is 8.57. The first-order valence-corrected chi connectivity index (χ1v) is 12.0. The largest absolute Gasteiger partial charge is 0.494 e. The fourth-order valence-corrected chi connectivity index (χ4v) is 3.92. The number of hydrazine groups is 1. The summed E-state index contributed by atoms with van der Waals surface area (Å²) >= 11 is 0. The number of hydrogen-bond donors (Lipinski definition) is 3. The zero-order valence-electron chi connectivity index (χ0n) is 20.0. The van der Waals surface area contributed by atoms with Gasteiger partial charge in [0.05, 0.1) is 6.61 Å². The Balaban J connectivity index is 1.45. The minimum Gasteiger partial charge on any atom is -0.494 e. The smallest absolute Gasteiger partial charge is 0.266 e. The Hall–Kier alpha value is -3.75. The van der Waals surface area contributed by atoms with E-state index in [1.807, 2.05) is 42.5 Å². The van der Waals surface area contributed by atoms with Crippen molar-refractivity contribution in [1.82, 2.24) is 10.9 Å². The zero-order chi connectivity index (χ0) is 25.2. The summed E-state index contributed by atoms with van der Waals surface area (Å²) in [7, 11) is 0. The molecular formula is C28H30FN3O4. The van der Waals surface area contributed by atoms with Gasteiger partial charge in [0.2, 0.25) is 5.90 Å². The number of halogens is 1. The summed E-state index contributed by atoms with van der Waals surface area (Å²) in [5, 5.41) is 8.90. The maximum Gasteiger partial charge on any atom is 0.266 e. The summed E-state index contributed by atoms with van der Waals surface area (Å²) in [6.45, 7) is 0.958. The van der Waals surface area contributed by atoms with Crippen molar-refractivity contribution in [3.05, 3.63) is 101 Å². The number of hydrogen-bond acceptors (Lipinski definition) is 6. The van der Waals surface area contributed by atoms with E-state index in [4.69, 9.17) is 19.6 Å². The van der Waals surface area contributed by atoms with Crippen molar-refractivity contribution in [2.45, 2.75) is 24.8 Å². The predicted octanol–water partition coefficient (Wildman–Crippen LogP) is 3.21. The fraction of sp³-hybridized carbons (Fsp3) is 0.286. The van der Waals surface area contributed by atoms with Crippen LogP contribution in [-0.2, 0) is 22.4 Å². The molecule has 1 atom stereocenters. The van der Waals surface area contributed by atoms with E-state index >= 15 is 0 Å². The third-order valence-corrected chi connectivity index (χ3v) is 5.88. The van der Waals surface area contributed by atoms with E-state index in [1.165, 1.54) is 6.07 Å². The average Bonchev–Trinajstić information content (AvgIpc) is 3.34. The van der Waals surface area contributed by atoms with Crippen LogP contribution >= 0.6 is 0 Å². The molecule has 0 bridgehead atoms. The molecule has 0 saturated heterocycles. The van der Waals surface area contributed by atoms with Gasteiger partial charge in [-0.25, -0.2) is 14.8 Å². The molecule has 0 saturated carbocycles. The Morgan fingerprint density at radius 1 is 1.06 bits per heavy atom. The molecule has 0 spiro atoms. The van der Waals surface area contributed by atoms with Crippen LogP contribution in [0.5, 0.6) is 5.75 Å². The molecular weight excluding hydrogens is 461 g/mol. The summed E-state index contributed by atoms with van der Waals surface area (Å²) in [5.41, 5.74) is 6.77. The number of nitrogens with zero attached hydrogens (tertiary/aromatic N) is 1. The first-order chi connectivity index (χ1) is 17.6. The molecule has 0 aliphatic carbocycles. The van der Waals surface area contributed by atoms with Gasteiger partial charge in [0.1, 0.15) is 18.2 Å². The van der Waals surface area contributed by atoms with Crippen molar-refractivity contribution in [3.8, 4) is 5.75 Å². The Morgan fingerprint density at radius 2 is 1.81 bits per heavy atom. The lowest BCUT2D eigenvalue weighted by molar-refractivity contribution is -0.127. The predicted molar refractivity (Wildman–Crippen MR) is 135 cm³/mol. The molecule has 0 aromatic heterocycles. The Kier molecular flexibility index (Phi) is 8.65. The molecule has 3 aromatic carbocycles. The molecule has 4 rings (SSSR count). The first-order valence-electron chi connectivity index (χ1n) is 12.0. The Bertz CT molecular complexity index is 1170. The van der Waals surface area contributed by atoms with Gasteiger partial charge in [0.25, 0.3) is 5.91 Å². The highest BCUT2D eigenvalue weighted by atomic mass is 19.1. The molecule has 1 heterocycles. The summed E-state index contributed by atoms with van der Waals surface area (Å²) in [5.74, 6) is 0.473. The van der Waals surface area contributed by atoms with Crippen molar-refractivity contribution in [3.63, 3.8) is 0 Å². The number of nitrogens with one attached hydrogen (secondary N) is 2. The average molecular weight is 492 g/mol. The van der Waals surface area contributed by atoms with E-state index < -0.39 is 5.54 Å². The molecule has 188 valence electrons. The lowest BCUT2D eigenvalue weighted by Gasteiger charge is -2.23. The Labute approximate surface area is 210 Å². The van der Waals surface area contributed by atoms with Crippen LogP contribution in [0.4, 0.5) is 4.39 Å². The van der Waals surface area contributed by atoms with Crippen molar-refractivity contribution < 1.29 is 23.8 Å². The summed E-state index contributed by atoms with van der Waals surface area (Å²) in [6, 6.07) is 23.5. The highest BCUT2D eigenvalue weighted by Gasteiger charge is 2.44. The standard InChI is InChI=1S/C28H30FN3O4/c29-25-10-5-4-9-22(25)15-16-30-32-27(34)28(19-21-7-2-1-3-8-21)20-36-26(31-28)23-11-13-24(14-12-23)35-18-6-17-33/h1-5,7-14,30,33H,6,15-20H2,(H,32,34)/t28-/m0/s1. The topological polar surface area (TPSA) is 92.2 Å². The number of aliphatic hydroxyl groups excluding tert-OH is 1. The molecule has 1 aliphatic rings. The van der Waals surface area contributed by atoms with Crippen LogP contribution in [0.25, 0.3) is 0 Å². The minimum absolute atomic E-state index is 0.0757. The quantitative estimate of drug-likeness (QED) is 0.267. The zero-order valence-corrected chi connectivity index (χ0v) is 20.0. The maximum absolute atomic E-state index is 13.9. The Morgan fingerprint density at radius 3 is 2.56 bits per heavy atom. The highest BCUT2D eigenvalue weighted by molar-refractivity contribution is 6.00. The number of ether oxygens (including phenoxy) is 2. The van der Waals surface area contributed by atoms with Gasteiger partial charge in [0.15, 0.2) is 5.54 Å². The lowest BCUT2D eigenvalue weighted by atomic mass is 9.91. The molecule has 0 fully saturated rings. The van der Waals surface area contributed by atoms with Crippen molar-refractivity contribution in [2.24, 2.45) is 4.99 Å². The number of aliphatic imine (C=N–C) groups is 1. The number of amides is 1. The van der Waals surface area contributed by atoms with Gasteiger partial charge in [-0.3, -0.25) is 10.2 Å². The first kappa shape index (κ1) is 25.3. The maximum atomic E-state index is 13.9. The fourth-order valence-electron chi connectivity index (χ4n) is 3.92. The molecule has 8 heteroatoms. The second-order valence-electron chi connectivity index (χ2n) is 8.57. The van der Waals surface area contributed by atoms with E-state index in [9.17, 15) is 9.18 Å². The van der Waals surface area contributed by atoms with E-state index in [-0.39, 0.29) is 24.9 Å². The molecule has 7 nitrogen and oxygen atoms in total. The van der Waals surface area contributed by atoms with E-state index in [2.05, 4.69) is 10.9 Å². The van der Waals surface area contributed by atoms with Crippen LogP contribution in [-0.4, -0.2) is 48.8 Å². The van der Waals surface area contributed by atoms with Gasteiger partial charge in [0, 0.05) is 31.6 Å². The molecule has 3 aromatic rings. The number of rotatable bonds is 12. The summed E-state index contributed by atoms with van der Waals surface area (Å²) in [4.78, 5) is 18.1. The summed E-state index contributed by atoms with van der Waals surface area (Å²) in [6.07, 6.45) is 1.35. The van der Waals surface area contributed by atoms with Crippen molar-refractivity contribution in [1.29, 1.82) is 0 Å². The number of carbonyl (C=O) groups excluding carboxylic acids is 1. The van der Waals surface area contributed by atoms with Gasteiger partial charge in [-0.15, -0.1) is 0 Å². The van der Waals surface area contributed by atoms with Crippen LogP contribution in [0.2, 0.25) is 0 Å². The number of aliphatic hydroxyl groups is 1. The SMILES string of the molecule is O=C(NNCCc1ccccc1F)[C@]1(Cc2ccccc2)COC(c2ccc(OCCCO)cc2)=N1. The van der Waals surface area contributed by atoms with Crippen LogP contribution in [0.3, 0.4) is 0 Å². The summed E-state index contributed by atoms with van der Waals surface area (Å²) < 4.78 is 25.4. The molecule has 36 heavy (non-hydrogen) atoms. The molecule has 1 amide bonds. The van der Waals surface area contributed by atoms with Gasteiger partial charge in [-0.1, -0.05) is 48.5 Å². The van der Waals surface area contributed by atoms with E-state index in [0.717, 1.165) is 11.1 Å². The van der Waals surface area contributed by atoms with Crippen molar-refractivity contribution >= 4 is 11.8 Å². The van der Waals surface area contributed by atoms with Crippen molar-refractivity contribution in [2.75, 3.05) is 26.4 Å².